The topological polar surface area (TPSA) is 59.4 Å². The van der Waals surface area contributed by atoms with Gasteiger partial charge in [0, 0.05) is 26.7 Å². The predicted molar refractivity (Wildman–Crippen MR) is 110 cm³/mol. The molecule has 6 nitrogen and oxygen atoms in total. The van der Waals surface area contributed by atoms with Crippen LogP contribution in [0.3, 0.4) is 0 Å². The number of methoxy groups -OCH3 is 1. The Morgan fingerprint density at radius 1 is 1.25 bits per heavy atom. The number of nitrogens with zero attached hydrogens (tertiary/aromatic N) is 3. The van der Waals surface area contributed by atoms with Gasteiger partial charge in [-0.1, -0.05) is 24.3 Å². The van der Waals surface area contributed by atoms with Crippen LogP contribution in [0.5, 0.6) is 5.75 Å². The van der Waals surface area contributed by atoms with E-state index in [1.807, 2.05) is 49.5 Å². The van der Waals surface area contributed by atoms with Crippen LogP contribution < -0.4 is 15.0 Å². The Kier molecular flexibility index (Phi) is 5.19. The fraction of sp³-hybridized carbons (Fsp3) is 0.364. The number of aromatic nitrogens is 2. The van der Waals surface area contributed by atoms with Gasteiger partial charge >= 0.3 is 0 Å². The van der Waals surface area contributed by atoms with Gasteiger partial charge in [-0.05, 0) is 42.7 Å². The molecule has 1 atom stereocenters. The molecule has 4 rings (SSSR count). The lowest BCUT2D eigenvalue weighted by atomic mass is 9.97. The molecule has 28 heavy (non-hydrogen) atoms. The van der Waals surface area contributed by atoms with Crippen molar-refractivity contribution in [2.45, 2.75) is 19.4 Å². The number of aryl methyl sites for hydroxylation is 1. The van der Waals surface area contributed by atoms with Crippen LogP contribution >= 0.6 is 0 Å². The molecule has 1 saturated heterocycles. The number of carbonyl (C=O) groups is 1. The van der Waals surface area contributed by atoms with Crippen LogP contribution in [-0.2, 0) is 18.4 Å². The van der Waals surface area contributed by atoms with E-state index in [2.05, 4.69) is 20.9 Å². The number of imidazole rings is 1. The zero-order valence-electron chi connectivity index (χ0n) is 16.4. The standard InChI is InChI=1S/C22H26N4O2/c1-25-20-11-4-3-10-19(20)24-22(25)26-12-6-8-17(15-26)21(27)23-14-16-7-5-9-18(13-16)28-2/h3-5,7,9-11,13,17H,6,8,12,14-15H2,1-2H3,(H,23,27)/t17-/m1/s1. The summed E-state index contributed by atoms with van der Waals surface area (Å²) in [5.41, 5.74) is 3.14. The van der Waals surface area contributed by atoms with Gasteiger partial charge in [0.2, 0.25) is 11.9 Å². The van der Waals surface area contributed by atoms with Crippen molar-refractivity contribution in [3.63, 3.8) is 0 Å². The van der Waals surface area contributed by atoms with E-state index in [1.165, 1.54) is 0 Å². The first kappa shape index (κ1) is 18.3. The Hall–Kier alpha value is -3.02. The fourth-order valence-electron chi connectivity index (χ4n) is 3.90. The number of rotatable bonds is 5. The maximum absolute atomic E-state index is 12.8. The zero-order valence-corrected chi connectivity index (χ0v) is 16.4. The highest BCUT2D eigenvalue weighted by Crippen LogP contribution is 2.26. The van der Waals surface area contributed by atoms with Gasteiger partial charge in [0.1, 0.15) is 5.75 Å². The SMILES string of the molecule is COc1cccc(CNC(=O)[C@@H]2CCCN(c3nc4ccccc4n3C)C2)c1. The van der Waals surface area contributed by atoms with Crippen LogP contribution in [0, 0.1) is 5.92 Å². The smallest absolute Gasteiger partial charge is 0.225 e. The number of benzene rings is 2. The molecule has 0 unspecified atom stereocenters. The van der Waals surface area contributed by atoms with Crippen LogP contribution in [0.25, 0.3) is 11.0 Å². The molecule has 1 fully saturated rings. The van der Waals surface area contributed by atoms with Crippen molar-refractivity contribution in [3.8, 4) is 5.75 Å². The summed E-state index contributed by atoms with van der Waals surface area (Å²) in [5, 5.41) is 3.08. The van der Waals surface area contributed by atoms with Gasteiger partial charge in [-0.3, -0.25) is 4.79 Å². The summed E-state index contributed by atoms with van der Waals surface area (Å²) in [5.74, 6) is 1.81. The Morgan fingerprint density at radius 2 is 2.11 bits per heavy atom. The second-order valence-electron chi connectivity index (χ2n) is 7.31. The average molecular weight is 378 g/mol. The Bertz CT molecular complexity index is 982. The van der Waals surface area contributed by atoms with Gasteiger partial charge in [0.25, 0.3) is 0 Å². The maximum atomic E-state index is 12.8. The van der Waals surface area contributed by atoms with Crippen LogP contribution in [0.2, 0.25) is 0 Å². The second-order valence-corrected chi connectivity index (χ2v) is 7.31. The molecule has 0 bridgehead atoms. The Balaban J connectivity index is 1.42. The minimum Gasteiger partial charge on any atom is -0.497 e. The zero-order chi connectivity index (χ0) is 19.5. The number of para-hydroxylation sites is 2. The van der Waals surface area contributed by atoms with Crippen molar-refractivity contribution < 1.29 is 9.53 Å². The van der Waals surface area contributed by atoms with Gasteiger partial charge in [-0.15, -0.1) is 0 Å². The number of fused-ring (bicyclic) bond motifs is 1. The number of nitrogens with one attached hydrogen (secondary N) is 1. The molecule has 1 amide bonds. The van der Waals surface area contributed by atoms with Gasteiger partial charge in [-0.25, -0.2) is 4.98 Å². The lowest BCUT2D eigenvalue weighted by Gasteiger charge is -2.32. The molecule has 0 saturated carbocycles. The van der Waals surface area contributed by atoms with E-state index in [4.69, 9.17) is 9.72 Å². The molecular formula is C22H26N4O2. The van der Waals surface area contributed by atoms with Gasteiger partial charge in [0.15, 0.2) is 0 Å². The van der Waals surface area contributed by atoms with Crippen molar-refractivity contribution in [1.29, 1.82) is 0 Å². The lowest BCUT2D eigenvalue weighted by molar-refractivity contribution is -0.125. The summed E-state index contributed by atoms with van der Waals surface area (Å²) >= 11 is 0. The molecule has 1 N–H and O–H groups in total. The van der Waals surface area contributed by atoms with Crippen molar-refractivity contribution in [1.82, 2.24) is 14.9 Å². The first-order chi connectivity index (χ1) is 13.7. The molecule has 2 aromatic carbocycles. The number of carbonyl (C=O) groups excluding carboxylic acids is 1. The van der Waals surface area contributed by atoms with Gasteiger partial charge in [-0.2, -0.15) is 0 Å². The lowest BCUT2D eigenvalue weighted by Crippen LogP contribution is -2.43. The molecule has 0 aliphatic carbocycles. The number of anilines is 1. The number of hydrogen-bond donors (Lipinski definition) is 1. The molecule has 1 aromatic heterocycles. The third-order valence-electron chi connectivity index (χ3n) is 5.44. The third kappa shape index (κ3) is 3.67. The quantitative estimate of drug-likeness (QED) is 0.741. The number of hydrogen-bond acceptors (Lipinski definition) is 4. The maximum Gasteiger partial charge on any atom is 0.225 e. The molecule has 1 aliphatic heterocycles. The van der Waals surface area contributed by atoms with Crippen LogP contribution in [0.4, 0.5) is 5.95 Å². The van der Waals surface area contributed by atoms with Crippen LogP contribution in [0.1, 0.15) is 18.4 Å². The van der Waals surface area contributed by atoms with E-state index >= 15 is 0 Å². The highest BCUT2D eigenvalue weighted by Gasteiger charge is 2.28. The number of ether oxygens (including phenoxy) is 1. The highest BCUT2D eigenvalue weighted by atomic mass is 16.5. The molecule has 3 aromatic rings. The van der Waals surface area contributed by atoms with E-state index < -0.39 is 0 Å². The van der Waals surface area contributed by atoms with Gasteiger partial charge in [0.05, 0.1) is 24.1 Å². The van der Waals surface area contributed by atoms with Gasteiger partial charge < -0.3 is 19.5 Å². The molecule has 1 aliphatic rings. The second kappa shape index (κ2) is 7.92. The molecule has 0 radical (unpaired) electrons. The normalized spacial score (nSPS) is 16.9. The highest BCUT2D eigenvalue weighted by molar-refractivity contribution is 5.81. The molecule has 0 spiro atoms. The molecule has 146 valence electrons. The fourth-order valence-corrected chi connectivity index (χ4v) is 3.90. The Labute approximate surface area is 165 Å². The first-order valence-corrected chi connectivity index (χ1v) is 9.73. The first-order valence-electron chi connectivity index (χ1n) is 9.73. The summed E-state index contributed by atoms with van der Waals surface area (Å²) in [6.45, 7) is 2.14. The number of piperidine rings is 1. The number of amides is 1. The largest absolute Gasteiger partial charge is 0.497 e. The monoisotopic (exact) mass is 378 g/mol. The predicted octanol–water partition coefficient (Wildman–Crippen LogP) is 3.11. The molecule has 6 heteroatoms. The summed E-state index contributed by atoms with van der Waals surface area (Å²) in [4.78, 5) is 19.8. The van der Waals surface area contributed by atoms with Crippen LogP contribution in [0.15, 0.2) is 48.5 Å². The van der Waals surface area contributed by atoms with Crippen molar-refractivity contribution in [2.75, 3.05) is 25.1 Å². The van der Waals surface area contributed by atoms with Crippen LogP contribution in [-0.4, -0.2) is 35.7 Å². The third-order valence-corrected chi connectivity index (χ3v) is 5.44. The minimum absolute atomic E-state index is 0.0285. The minimum atomic E-state index is -0.0285. The summed E-state index contributed by atoms with van der Waals surface area (Å²) in [6.07, 6.45) is 1.89. The van der Waals surface area contributed by atoms with E-state index in [9.17, 15) is 4.79 Å². The molecular weight excluding hydrogens is 352 g/mol. The van der Waals surface area contributed by atoms with Crippen molar-refractivity contribution in [2.24, 2.45) is 13.0 Å². The van der Waals surface area contributed by atoms with Crippen molar-refractivity contribution >= 4 is 22.9 Å². The van der Waals surface area contributed by atoms with E-state index in [-0.39, 0.29) is 11.8 Å². The van der Waals surface area contributed by atoms with Crippen molar-refractivity contribution in [3.05, 3.63) is 54.1 Å². The van der Waals surface area contributed by atoms with E-state index in [1.54, 1.807) is 7.11 Å². The average Bonchev–Trinajstić information content (AvgIpc) is 3.09. The summed E-state index contributed by atoms with van der Waals surface area (Å²) in [6, 6.07) is 15.9. The summed E-state index contributed by atoms with van der Waals surface area (Å²) in [7, 11) is 3.69. The Morgan fingerprint density at radius 3 is 2.93 bits per heavy atom. The summed E-state index contributed by atoms with van der Waals surface area (Å²) < 4.78 is 7.37. The van der Waals surface area contributed by atoms with E-state index in [0.717, 1.165) is 47.7 Å². The van der Waals surface area contributed by atoms with E-state index in [0.29, 0.717) is 13.1 Å². The molecule has 2 heterocycles.